The SMILES string of the molecule is O=C(Nc1cccnc1C(=O)O)c1ccc2[nH]ncc2c1. The predicted molar refractivity (Wildman–Crippen MR) is 75.2 cm³/mol. The smallest absolute Gasteiger partial charge is 0.356 e. The average Bonchev–Trinajstić information content (AvgIpc) is 2.94. The van der Waals surface area contributed by atoms with Gasteiger partial charge in [-0.3, -0.25) is 9.89 Å². The molecule has 0 saturated heterocycles. The molecule has 0 spiro atoms. The quantitative estimate of drug-likeness (QED) is 0.680. The van der Waals surface area contributed by atoms with E-state index >= 15 is 0 Å². The second-order valence-corrected chi connectivity index (χ2v) is 4.33. The van der Waals surface area contributed by atoms with E-state index in [1.165, 1.54) is 12.3 Å². The number of carbonyl (C=O) groups excluding carboxylic acids is 1. The minimum atomic E-state index is -1.20. The number of fused-ring (bicyclic) bond motifs is 1. The monoisotopic (exact) mass is 282 g/mol. The highest BCUT2D eigenvalue weighted by molar-refractivity contribution is 6.08. The second kappa shape index (κ2) is 5.04. The second-order valence-electron chi connectivity index (χ2n) is 4.33. The van der Waals surface area contributed by atoms with Gasteiger partial charge in [0.15, 0.2) is 5.69 Å². The first-order valence-corrected chi connectivity index (χ1v) is 6.08. The highest BCUT2D eigenvalue weighted by atomic mass is 16.4. The van der Waals surface area contributed by atoms with Crippen LogP contribution in [0.1, 0.15) is 20.8 Å². The van der Waals surface area contributed by atoms with Gasteiger partial charge in [-0.1, -0.05) is 0 Å². The first-order chi connectivity index (χ1) is 10.1. The number of aromatic nitrogens is 3. The number of pyridine rings is 1. The molecule has 0 aliphatic rings. The van der Waals surface area contributed by atoms with Gasteiger partial charge in [-0.05, 0) is 30.3 Å². The van der Waals surface area contributed by atoms with E-state index in [2.05, 4.69) is 20.5 Å². The van der Waals surface area contributed by atoms with E-state index in [1.54, 1.807) is 30.5 Å². The predicted octanol–water partition coefficient (Wildman–Crippen LogP) is 1.91. The molecule has 0 radical (unpaired) electrons. The van der Waals surface area contributed by atoms with Crippen LogP contribution in [0.4, 0.5) is 5.69 Å². The summed E-state index contributed by atoms with van der Waals surface area (Å²) in [5, 5.41) is 19.1. The summed E-state index contributed by atoms with van der Waals surface area (Å²) in [7, 11) is 0. The van der Waals surface area contributed by atoms with Gasteiger partial charge < -0.3 is 10.4 Å². The lowest BCUT2D eigenvalue weighted by molar-refractivity contribution is 0.0692. The molecule has 21 heavy (non-hydrogen) atoms. The van der Waals surface area contributed by atoms with E-state index in [4.69, 9.17) is 5.11 Å². The number of aromatic carboxylic acids is 1. The van der Waals surface area contributed by atoms with E-state index in [0.717, 1.165) is 10.9 Å². The Balaban J connectivity index is 1.91. The lowest BCUT2D eigenvalue weighted by atomic mass is 10.1. The van der Waals surface area contributed by atoms with Gasteiger partial charge in [0, 0.05) is 17.1 Å². The molecule has 3 aromatic rings. The van der Waals surface area contributed by atoms with E-state index in [0.29, 0.717) is 5.56 Å². The number of carboxylic acid groups (broad SMARTS) is 1. The third-order valence-corrected chi connectivity index (χ3v) is 2.96. The summed E-state index contributed by atoms with van der Waals surface area (Å²) in [6.45, 7) is 0. The number of carbonyl (C=O) groups is 2. The van der Waals surface area contributed by atoms with Crippen molar-refractivity contribution >= 4 is 28.5 Å². The number of carboxylic acids is 1. The van der Waals surface area contributed by atoms with E-state index in [9.17, 15) is 9.59 Å². The number of benzene rings is 1. The zero-order valence-corrected chi connectivity index (χ0v) is 10.7. The molecule has 0 unspecified atom stereocenters. The molecule has 0 aliphatic heterocycles. The zero-order chi connectivity index (χ0) is 14.8. The molecule has 0 bridgehead atoms. The number of hydrogen-bond donors (Lipinski definition) is 3. The molecule has 3 N–H and O–H groups in total. The average molecular weight is 282 g/mol. The largest absolute Gasteiger partial charge is 0.476 e. The van der Waals surface area contributed by atoms with Crippen LogP contribution in [0, 0.1) is 0 Å². The molecular weight excluding hydrogens is 272 g/mol. The summed E-state index contributed by atoms with van der Waals surface area (Å²) in [6.07, 6.45) is 2.97. The van der Waals surface area contributed by atoms with Crippen molar-refractivity contribution in [3.05, 3.63) is 54.0 Å². The molecule has 104 valence electrons. The fourth-order valence-electron chi connectivity index (χ4n) is 1.96. The number of nitrogens with zero attached hydrogens (tertiary/aromatic N) is 2. The molecule has 0 saturated carbocycles. The Morgan fingerprint density at radius 2 is 2.10 bits per heavy atom. The van der Waals surface area contributed by atoms with Crippen LogP contribution in [-0.4, -0.2) is 32.2 Å². The molecule has 3 rings (SSSR count). The molecule has 1 aromatic carbocycles. The van der Waals surface area contributed by atoms with E-state index in [1.807, 2.05) is 0 Å². The number of nitrogens with one attached hydrogen (secondary N) is 2. The van der Waals surface area contributed by atoms with Crippen LogP contribution < -0.4 is 5.32 Å². The van der Waals surface area contributed by atoms with Crippen LogP contribution in [0.5, 0.6) is 0 Å². The lowest BCUT2D eigenvalue weighted by Gasteiger charge is -2.07. The summed E-state index contributed by atoms with van der Waals surface area (Å²) in [5.41, 5.74) is 1.18. The maximum absolute atomic E-state index is 12.2. The number of anilines is 1. The van der Waals surface area contributed by atoms with Gasteiger partial charge >= 0.3 is 5.97 Å². The fraction of sp³-hybridized carbons (Fsp3) is 0. The summed E-state index contributed by atoms with van der Waals surface area (Å²) in [5.74, 6) is -1.61. The van der Waals surface area contributed by atoms with Crippen LogP contribution in [0.15, 0.2) is 42.7 Å². The van der Waals surface area contributed by atoms with E-state index in [-0.39, 0.29) is 11.4 Å². The lowest BCUT2D eigenvalue weighted by Crippen LogP contribution is -2.15. The first-order valence-electron chi connectivity index (χ1n) is 6.08. The van der Waals surface area contributed by atoms with Crippen LogP contribution in [0.25, 0.3) is 10.9 Å². The topological polar surface area (TPSA) is 108 Å². The first kappa shape index (κ1) is 12.8. The van der Waals surface area contributed by atoms with Crippen molar-refractivity contribution in [3.8, 4) is 0 Å². The van der Waals surface area contributed by atoms with Crippen molar-refractivity contribution in [3.63, 3.8) is 0 Å². The molecule has 1 amide bonds. The minimum absolute atomic E-state index is 0.155. The number of hydrogen-bond acceptors (Lipinski definition) is 4. The Hall–Kier alpha value is -3.22. The summed E-state index contributed by atoms with van der Waals surface area (Å²) in [6, 6.07) is 8.09. The number of amides is 1. The molecule has 7 nitrogen and oxygen atoms in total. The van der Waals surface area contributed by atoms with Crippen molar-refractivity contribution in [2.75, 3.05) is 5.32 Å². The van der Waals surface area contributed by atoms with Gasteiger partial charge in [-0.2, -0.15) is 5.10 Å². The van der Waals surface area contributed by atoms with Gasteiger partial charge in [0.05, 0.1) is 17.4 Å². The standard InChI is InChI=1S/C14H10N4O3/c19-13(8-3-4-10-9(6-8)7-16-18-10)17-11-2-1-5-15-12(11)14(20)21/h1-7H,(H,16,18)(H,17,19)(H,20,21). The van der Waals surface area contributed by atoms with Gasteiger partial charge in [0.25, 0.3) is 5.91 Å². The van der Waals surface area contributed by atoms with Crippen LogP contribution in [0.3, 0.4) is 0 Å². The highest BCUT2D eigenvalue weighted by Gasteiger charge is 2.14. The van der Waals surface area contributed by atoms with Gasteiger partial charge in [0.2, 0.25) is 0 Å². The minimum Gasteiger partial charge on any atom is -0.476 e. The third kappa shape index (κ3) is 2.44. The van der Waals surface area contributed by atoms with Crippen molar-refractivity contribution in [1.29, 1.82) is 0 Å². The number of H-pyrrole nitrogens is 1. The van der Waals surface area contributed by atoms with Crippen molar-refractivity contribution in [1.82, 2.24) is 15.2 Å². The normalized spacial score (nSPS) is 10.5. The fourth-order valence-corrected chi connectivity index (χ4v) is 1.96. The molecular formula is C14H10N4O3. The van der Waals surface area contributed by atoms with Crippen LogP contribution in [-0.2, 0) is 0 Å². The van der Waals surface area contributed by atoms with E-state index < -0.39 is 11.9 Å². The molecule has 2 heterocycles. The maximum atomic E-state index is 12.2. The van der Waals surface area contributed by atoms with Gasteiger partial charge in [0.1, 0.15) is 0 Å². The Kier molecular flexibility index (Phi) is 3.07. The Morgan fingerprint density at radius 3 is 2.90 bits per heavy atom. The Bertz CT molecular complexity index is 841. The van der Waals surface area contributed by atoms with Crippen LogP contribution in [0.2, 0.25) is 0 Å². The maximum Gasteiger partial charge on any atom is 0.356 e. The number of aromatic amines is 1. The van der Waals surface area contributed by atoms with Gasteiger partial charge in [-0.15, -0.1) is 0 Å². The highest BCUT2D eigenvalue weighted by Crippen LogP contribution is 2.16. The summed E-state index contributed by atoms with van der Waals surface area (Å²) >= 11 is 0. The molecule has 7 heteroatoms. The molecule has 0 fully saturated rings. The summed E-state index contributed by atoms with van der Waals surface area (Å²) < 4.78 is 0. The van der Waals surface area contributed by atoms with Crippen molar-refractivity contribution < 1.29 is 14.7 Å². The Morgan fingerprint density at radius 1 is 1.24 bits per heavy atom. The van der Waals surface area contributed by atoms with Crippen molar-refractivity contribution in [2.24, 2.45) is 0 Å². The molecule has 2 aromatic heterocycles. The molecule has 0 aliphatic carbocycles. The van der Waals surface area contributed by atoms with Crippen molar-refractivity contribution in [2.45, 2.75) is 0 Å². The Labute approximate surface area is 118 Å². The summed E-state index contributed by atoms with van der Waals surface area (Å²) in [4.78, 5) is 27.0. The van der Waals surface area contributed by atoms with Gasteiger partial charge in [-0.25, -0.2) is 9.78 Å². The third-order valence-electron chi connectivity index (χ3n) is 2.96. The zero-order valence-electron chi connectivity index (χ0n) is 10.7. The molecule has 0 atom stereocenters. The number of rotatable bonds is 3. The van der Waals surface area contributed by atoms with Crippen LogP contribution >= 0.6 is 0 Å².